The molecule has 5 amide bonds. The van der Waals surface area contributed by atoms with Gasteiger partial charge in [-0.15, -0.1) is 0 Å². The van der Waals surface area contributed by atoms with E-state index in [0.29, 0.717) is 5.56 Å². The number of nitrogens with one attached hydrogen (secondary N) is 1. The predicted octanol–water partition coefficient (Wildman–Crippen LogP) is -0.307. The van der Waals surface area contributed by atoms with Gasteiger partial charge >= 0.3 is 0 Å². The molecule has 8 nitrogen and oxygen atoms in total. The smallest absolute Gasteiger partial charge is 0.253 e. The fourth-order valence-corrected chi connectivity index (χ4v) is 3.90. The van der Waals surface area contributed by atoms with Gasteiger partial charge in [0.2, 0.25) is 23.6 Å². The van der Waals surface area contributed by atoms with Crippen LogP contribution in [0.1, 0.15) is 29.6 Å². The molecule has 3 aliphatic heterocycles. The van der Waals surface area contributed by atoms with Crippen molar-refractivity contribution < 1.29 is 24.0 Å². The Morgan fingerprint density at radius 1 is 1.08 bits per heavy atom. The van der Waals surface area contributed by atoms with Crippen LogP contribution in [0, 0.1) is 5.41 Å². The number of nitrogens with zero attached hydrogens (tertiary/aromatic N) is 2. The molecule has 0 aromatic heterocycles. The summed E-state index contributed by atoms with van der Waals surface area (Å²) in [6.45, 7) is 0.324. The Balaban J connectivity index is 1.48. The molecule has 3 aliphatic rings. The van der Waals surface area contributed by atoms with Crippen LogP contribution in [0.4, 0.5) is 0 Å². The minimum Gasteiger partial charge on any atom is -0.336 e. The molecule has 3 heterocycles. The van der Waals surface area contributed by atoms with Gasteiger partial charge < -0.3 is 4.90 Å². The largest absolute Gasteiger partial charge is 0.336 e. The second-order valence-electron chi connectivity index (χ2n) is 7.02. The van der Waals surface area contributed by atoms with Gasteiger partial charge in [-0.1, -0.05) is 18.2 Å². The number of carbonyl (C=O) groups excluding carboxylic acids is 5. The summed E-state index contributed by atoms with van der Waals surface area (Å²) >= 11 is 0. The van der Waals surface area contributed by atoms with Crippen LogP contribution in [0.3, 0.4) is 0 Å². The monoisotopic (exact) mass is 355 g/mol. The van der Waals surface area contributed by atoms with Crippen LogP contribution >= 0.6 is 0 Å². The molecule has 1 spiro atoms. The van der Waals surface area contributed by atoms with Gasteiger partial charge in [0.25, 0.3) is 5.91 Å². The summed E-state index contributed by atoms with van der Waals surface area (Å²) in [5, 5.41) is 2.17. The summed E-state index contributed by atoms with van der Waals surface area (Å²) in [5.74, 6) is -2.04. The van der Waals surface area contributed by atoms with Crippen molar-refractivity contribution >= 4 is 29.5 Å². The lowest BCUT2D eigenvalue weighted by molar-refractivity contribution is -0.154. The van der Waals surface area contributed by atoms with Crippen molar-refractivity contribution in [3.8, 4) is 0 Å². The van der Waals surface area contributed by atoms with Crippen LogP contribution in [0.2, 0.25) is 0 Å². The lowest BCUT2D eigenvalue weighted by atomic mass is 9.77. The van der Waals surface area contributed by atoms with Gasteiger partial charge in [0.15, 0.2) is 0 Å². The van der Waals surface area contributed by atoms with Gasteiger partial charge in [0, 0.05) is 31.5 Å². The number of hydrogen-bond donors (Lipinski definition) is 1. The van der Waals surface area contributed by atoms with Crippen LogP contribution in [0.15, 0.2) is 30.3 Å². The van der Waals surface area contributed by atoms with E-state index in [1.54, 1.807) is 24.3 Å². The van der Waals surface area contributed by atoms with Crippen molar-refractivity contribution in [3.63, 3.8) is 0 Å². The highest BCUT2D eigenvalue weighted by molar-refractivity contribution is 6.12. The van der Waals surface area contributed by atoms with Gasteiger partial charge in [0.05, 0.1) is 5.41 Å². The molecule has 1 aromatic carbocycles. The molecular formula is C18H17N3O5. The fourth-order valence-electron chi connectivity index (χ4n) is 3.90. The van der Waals surface area contributed by atoms with E-state index >= 15 is 0 Å². The number of likely N-dealkylation sites (tertiary alicyclic amines) is 2. The summed E-state index contributed by atoms with van der Waals surface area (Å²) in [7, 11) is 0. The topological polar surface area (TPSA) is 104 Å². The van der Waals surface area contributed by atoms with E-state index < -0.39 is 35.1 Å². The van der Waals surface area contributed by atoms with Gasteiger partial charge in [-0.2, -0.15) is 0 Å². The maximum atomic E-state index is 12.9. The Morgan fingerprint density at radius 2 is 1.77 bits per heavy atom. The quantitative estimate of drug-likeness (QED) is 0.733. The lowest BCUT2D eigenvalue weighted by Crippen LogP contribution is -2.63. The normalized spacial score (nSPS) is 24.7. The van der Waals surface area contributed by atoms with Crippen LogP contribution in [0.25, 0.3) is 0 Å². The SMILES string of the molecule is O=C1CCC(N2C(=O)CC3(CN(C(=O)c4ccccc4)C3)C2=O)C(=O)N1. The number of rotatable bonds is 2. The maximum absolute atomic E-state index is 12.9. The zero-order valence-corrected chi connectivity index (χ0v) is 13.9. The van der Waals surface area contributed by atoms with Gasteiger partial charge in [-0.05, 0) is 18.6 Å². The Morgan fingerprint density at radius 3 is 2.42 bits per heavy atom. The van der Waals surface area contributed by atoms with Gasteiger partial charge in [0.1, 0.15) is 6.04 Å². The summed E-state index contributed by atoms with van der Waals surface area (Å²) in [5.41, 5.74) is -0.412. The summed E-state index contributed by atoms with van der Waals surface area (Å²) in [6.07, 6.45) is 0.228. The van der Waals surface area contributed by atoms with Crippen LogP contribution in [-0.4, -0.2) is 58.5 Å². The molecule has 26 heavy (non-hydrogen) atoms. The predicted molar refractivity (Wildman–Crippen MR) is 87.4 cm³/mol. The van der Waals surface area contributed by atoms with E-state index in [2.05, 4.69) is 5.32 Å². The van der Waals surface area contributed by atoms with E-state index in [1.165, 1.54) is 4.90 Å². The van der Waals surface area contributed by atoms with Crippen molar-refractivity contribution in [2.45, 2.75) is 25.3 Å². The van der Waals surface area contributed by atoms with E-state index in [-0.39, 0.29) is 38.3 Å². The number of piperidine rings is 1. The first-order valence-corrected chi connectivity index (χ1v) is 8.46. The molecule has 0 saturated carbocycles. The van der Waals surface area contributed by atoms with Crippen molar-refractivity contribution in [2.75, 3.05) is 13.1 Å². The molecule has 3 saturated heterocycles. The first kappa shape index (κ1) is 16.4. The second kappa shape index (κ2) is 5.76. The molecule has 1 unspecified atom stereocenters. The molecule has 1 aromatic rings. The minimum atomic E-state index is -0.941. The average molecular weight is 355 g/mol. The molecule has 0 aliphatic carbocycles. The minimum absolute atomic E-state index is 0.0118. The summed E-state index contributed by atoms with van der Waals surface area (Å²) < 4.78 is 0. The average Bonchev–Trinajstić information content (AvgIpc) is 2.85. The molecule has 1 atom stereocenters. The van der Waals surface area contributed by atoms with Crippen molar-refractivity contribution in [3.05, 3.63) is 35.9 Å². The number of carbonyl (C=O) groups is 5. The van der Waals surface area contributed by atoms with E-state index in [1.807, 2.05) is 6.07 Å². The number of benzene rings is 1. The van der Waals surface area contributed by atoms with Crippen molar-refractivity contribution in [1.82, 2.24) is 15.1 Å². The molecular weight excluding hydrogens is 338 g/mol. The Kier molecular flexibility index (Phi) is 3.64. The van der Waals surface area contributed by atoms with Gasteiger partial charge in [-0.3, -0.25) is 34.2 Å². The third-order valence-corrected chi connectivity index (χ3v) is 5.25. The standard InChI is InChI=1S/C18H17N3O5/c22-13-7-6-12(15(24)19-13)21-14(23)8-18(17(21)26)9-20(10-18)16(25)11-4-2-1-3-5-11/h1-5,12H,6-10H2,(H,19,22,24). The summed E-state index contributed by atoms with van der Waals surface area (Å²) in [6, 6.07) is 7.79. The molecule has 0 bridgehead atoms. The molecule has 3 fully saturated rings. The Hall–Kier alpha value is -3.03. The third-order valence-electron chi connectivity index (χ3n) is 5.25. The fraction of sp³-hybridized carbons (Fsp3) is 0.389. The number of amides is 5. The van der Waals surface area contributed by atoms with Crippen LogP contribution in [0.5, 0.6) is 0 Å². The summed E-state index contributed by atoms with van der Waals surface area (Å²) in [4.78, 5) is 63.5. The number of imide groups is 2. The zero-order chi connectivity index (χ0) is 18.5. The van der Waals surface area contributed by atoms with Gasteiger partial charge in [-0.25, -0.2) is 0 Å². The van der Waals surface area contributed by atoms with E-state index in [4.69, 9.17) is 0 Å². The molecule has 4 rings (SSSR count). The highest BCUT2D eigenvalue weighted by Gasteiger charge is 2.61. The molecule has 8 heteroatoms. The van der Waals surface area contributed by atoms with Crippen LogP contribution in [-0.2, 0) is 19.2 Å². The molecule has 134 valence electrons. The van der Waals surface area contributed by atoms with Crippen molar-refractivity contribution in [2.24, 2.45) is 5.41 Å². The highest BCUT2D eigenvalue weighted by Crippen LogP contribution is 2.43. The third kappa shape index (κ3) is 2.40. The Bertz CT molecular complexity index is 828. The highest BCUT2D eigenvalue weighted by atomic mass is 16.2. The zero-order valence-electron chi connectivity index (χ0n) is 13.9. The first-order valence-electron chi connectivity index (χ1n) is 8.46. The first-order chi connectivity index (χ1) is 12.4. The second-order valence-corrected chi connectivity index (χ2v) is 7.02. The molecule has 0 radical (unpaired) electrons. The lowest BCUT2D eigenvalue weighted by Gasteiger charge is -2.46. The van der Waals surface area contributed by atoms with E-state index in [0.717, 1.165) is 4.90 Å². The number of hydrogen-bond acceptors (Lipinski definition) is 5. The molecule has 1 N–H and O–H groups in total. The Labute approximate surface area is 149 Å². The van der Waals surface area contributed by atoms with Crippen molar-refractivity contribution in [1.29, 1.82) is 0 Å². The van der Waals surface area contributed by atoms with Crippen LogP contribution < -0.4 is 5.32 Å². The van der Waals surface area contributed by atoms with E-state index in [9.17, 15) is 24.0 Å². The maximum Gasteiger partial charge on any atom is 0.253 e.